The molecule has 0 radical (unpaired) electrons. The minimum absolute atomic E-state index is 0.144. The molecular formula is C21H29N5O9S3. The lowest BCUT2D eigenvalue weighted by Gasteiger charge is -2.07. The van der Waals surface area contributed by atoms with Gasteiger partial charge < -0.3 is 19.8 Å². The molecule has 0 fully saturated rings. The molecule has 0 bridgehead atoms. The largest absolute Gasteiger partial charge is 0.454 e. The first kappa shape index (κ1) is 31.1. The average Bonchev–Trinajstić information content (AvgIpc) is 3.41. The maximum atomic E-state index is 12.4. The van der Waals surface area contributed by atoms with Crippen molar-refractivity contribution in [2.75, 3.05) is 36.9 Å². The smallest absolute Gasteiger partial charge is 0.261 e. The van der Waals surface area contributed by atoms with Crippen molar-refractivity contribution >= 4 is 37.9 Å². The van der Waals surface area contributed by atoms with E-state index in [1.165, 1.54) is 0 Å². The third-order valence-electron chi connectivity index (χ3n) is 4.42. The van der Waals surface area contributed by atoms with Crippen molar-refractivity contribution in [3.63, 3.8) is 0 Å². The van der Waals surface area contributed by atoms with Gasteiger partial charge in [-0.2, -0.15) is 28.6 Å². The number of thioether (sulfide) groups is 1. The van der Waals surface area contributed by atoms with Crippen LogP contribution in [0.4, 0.5) is 5.95 Å². The molecular weight excluding hydrogens is 562 g/mol. The zero-order valence-corrected chi connectivity index (χ0v) is 23.2. The Morgan fingerprint density at radius 2 is 1.74 bits per heavy atom. The first-order valence-corrected chi connectivity index (χ1v) is 15.7. The van der Waals surface area contributed by atoms with Crippen LogP contribution in [0.5, 0.6) is 11.5 Å². The standard InChI is InChI=1S/C19H21N5O3S.2CH4O3S/c1-12-15(23-10-22-12)9-28-5-4-20-19-21-8-14(18(25)24-19)6-13-2-3-16-17(7-13)27-11-26-16;2*1-5(2,3)4/h2-3,7-8,10H,4-6,9,11H2,1H3,(H,22,23)(H2,20,21,24,25);2*1H3,(H,2,3,4). The zero-order chi connectivity index (χ0) is 28.3. The Morgan fingerprint density at radius 1 is 1.08 bits per heavy atom. The summed E-state index contributed by atoms with van der Waals surface area (Å²) in [5.74, 6) is 3.67. The predicted octanol–water partition coefficient (Wildman–Crippen LogP) is 1.47. The van der Waals surface area contributed by atoms with E-state index < -0.39 is 20.2 Å². The minimum Gasteiger partial charge on any atom is -0.454 e. The number of nitrogens with zero attached hydrogens (tertiary/aromatic N) is 2. The van der Waals surface area contributed by atoms with Gasteiger partial charge in [0, 0.05) is 41.9 Å². The molecule has 0 unspecified atom stereocenters. The van der Waals surface area contributed by atoms with Crippen molar-refractivity contribution in [3.05, 3.63) is 63.6 Å². The fraction of sp³-hybridized carbons (Fsp3) is 0.381. The molecule has 0 saturated carbocycles. The van der Waals surface area contributed by atoms with Crippen LogP contribution >= 0.6 is 11.8 Å². The normalized spacial score (nSPS) is 12.1. The number of hydrogen-bond acceptors (Lipinski definition) is 11. The molecule has 0 atom stereocenters. The lowest BCUT2D eigenvalue weighted by Crippen LogP contribution is -2.18. The monoisotopic (exact) mass is 591 g/mol. The zero-order valence-electron chi connectivity index (χ0n) is 20.8. The molecule has 0 spiro atoms. The number of nitrogens with one attached hydrogen (secondary N) is 3. The number of hydrogen-bond donors (Lipinski definition) is 5. The molecule has 4 rings (SSSR count). The van der Waals surface area contributed by atoms with Crippen molar-refractivity contribution in [2.45, 2.75) is 19.1 Å². The second-order valence-electron chi connectivity index (χ2n) is 7.87. The second kappa shape index (κ2) is 14.1. The third-order valence-corrected chi connectivity index (χ3v) is 5.39. The van der Waals surface area contributed by atoms with Crippen LogP contribution in [0.25, 0.3) is 0 Å². The lowest BCUT2D eigenvalue weighted by atomic mass is 10.1. The van der Waals surface area contributed by atoms with Crippen LogP contribution in [-0.4, -0.2) is 77.5 Å². The van der Waals surface area contributed by atoms with Gasteiger partial charge in [-0.25, -0.2) is 9.97 Å². The number of ether oxygens (including phenoxy) is 2. The van der Waals surface area contributed by atoms with Gasteiger partial charge in [-0.05, 0) is 24.6 Å². The van der Waals surface area contributed by atoms with Gasteiger partial charge in [0.15, 0.2) is 11.5 Å². The van der Waals surface area contributed by atoms with E-state index in [0.717, 1.165) is 34.2 Å². The van der Waals surface area contributed by atoms with Gasteiger partial charge in [0.2, 0.25) is 12.7 Å². The number of aromatic amines is 2. The van der Waals surface area contributed by atoms with Gasteiger partial charge in [-0.1, -0.05) is 6.07 Å². The number of aromatic nitrogens is 4. The van der Waals surface area contributed by atoms with Crippen LogP contribution in [0.2, 0.25) is 0 Å². The fourth-order valence-electron chi connectivity index (χ4n) is 2.85. The third kappa shape index (κ3) is 12.9. The Bertz CT molecular complexity index is 1430. The van der Waals surface area contributed by atoms with Crippen molar-refractivity contribution < 1.29 is 35.4 Å². The number of imidazole rings is 1. The molecule has 1 aromatic carbocycles. The van der Waals surface area contributed by atoms with Crippen molar-refractivity contribution in [1.29, 1.82) is 0 Å². The summed E-state index contributed by atoms with van der Waals surface area (Å²) in [6.45, 7) is 2.96. The Hall–Kier alpha value is -3.12. The van der Waals surface area contributed by atoms with Crippen molar-refractivity contribution in [3.8, 4) is 11.5 Å². The minimum atomic E-state index is -3.67. The first-order valence-electron chi connectivity index (χ1n) is 10.8. The van der Waals surface area contributed by atoms with Crippen LogP contribution in [-0.2, 0) is 32.4 Å². The Balaban J connectivity index is 0.000000435. The number of aryl methyl sites for hydroxylation is 1. The summed E-state index contributed by atoms with van der Waals surface area (Å²) in [6, 6.07) is 5.68. The summed E-state index contributed by atoms with van der Waals surface area (Å²) < 4.78 is 62.4. The summed E-state index contributed by atoms with van der Waals surface area (Å²) >= 11 is 1.78. The van der Waals surface area contributed by atoms with E-state index in [1.54, 1.807) is 24.3 Å². The summed E-state index contributed by atoms with van der Waals surface area (Å²) in [6.07, 6.45) is 5.24. The maximum Gasteiger partial charge on any atom is 0.261 e. The van der Waals surface area contributed by atoms with E-state index in [9.17, 15) is 21.6 Å². The molecule has 5 N–H and O–H groups in total. The highest BCUT2D eigenvalue weighted by Gasteiger charge is 2.14. The lowest BCUT2D eigenvalue weighted by molar-refractivity contribution is 0.174. The van der Waals surface area contributed by atoms with Gasteiger partial charge >= 0.3 is 0 Å². The summed E-state index contributed by atoms with van der Waals surface area (Å²) in [5.41, 5.74) is 3.61. The van der Waals surface area contributed by atoms with Gasteiger partial charge in [0.05, 0.1) is 24.5 Å². The highest BCUT2D eigenvalue weighted by molar-refractivity contribution is 7.98. The molecule has 1 aliphatic heterocycles. The molecule has 14 nitrogen and oxygen atoms in total. The number of H-pyrrole nitrogens is 2. The first-order chi connectivity index (χ1) is 17.7. The van der Waals surface area contributed by atoms with Crippen molar-refractivity contribution in [1.82, 2.24) is 19.9 Å². The van der Waals surface area contributed by atoms with E-state index in [-0.39, 0.29) is 12.4 Å². The molecule has 2 aromatic heterocycles. The Labute approximate surface area is 224 Å². The average molecular weight is 592 g/mol. The number of rotatable bonds is 8. The molecule has 3 heterocycles. The number of benzene rings is 1. The molecule has 3 aromatic rings. The van der Waals surface area contributed by atoms with Crippen LogP contribution in [0.15, 0.2) is 35.5 Å². The quantitative estimate of drug-likeness (QED) is 0.186. The molecule has 17 heteroatoms. The van der Waals surface area contributed by atoms with E-state index in [4.69, 9.17) is 18.6 Å². The fourth-order valence-corrected chi connectivity index (χ4v) is 3.73. The summed E-state index contributed by atoms with van der Waals surface area (Å²) in [7, 11) is -7.33. The highest BCUT2D eigenvalue weighted by Crippen LogP contribution is 2.32. The Kier molecular flexibility index (Phi) is 11.6. The van der Waals surface area contributed by atoms with Gasteiger partial charge in [0.25, 0.3) is 25.8 Å². The van der Waals surface area contributed by atoms with Crippen LogP contribution < -0.4 is 20.3 Å². The van der Waals surface area contributed by atoms with E-state index in [1.807, 2.05) is 25.1 Å². The van der Waals surface area contributed by atoms with E-state index >= 15 is 0 Å². The topological polar surface area (TPSA) is 214 Å². The molecule has 1 aliphatic rings. The SMILES string of the molecule is CS(=O)(=O)O.CS(=O)(=O)O.Cc1[nH]cnc1CSCCNc1ncc(Cc2ccc3c(c2)OCO3)c(=O)[nH]1. The number of anilines is 1. The van der Waals surface area contributed by atoms with Crippen molar-refractivity contribution in [2.24, 2.45) is 0 Å². The van der Waals surface area contributed by atoms with Gasteiger partial charge in [-0.15, -0.1) is 0 Å². The number of fused-ring (bicyclic) bond motifs is 1. The van der Waals surface area contributed by atoms with Crippen LogP contribution in [0.1, 0.15) is 22.5 Å². The van der Waals surface area contributed by atoms with E-state index in [0.29, 0.717) is 42.7 Å². The molecule has 38 heavy (non-hydrogen) atoms. The van der Waals surface area contributed by atoms with E-state index in [2.05, 4.69) is 25.3 Å². The summed E-state index contributed by atoms with van der Waals surface area (Å²) in [4.78, 5) is 26.8. The molecule has 0 aliphatic carbocycles. The van der Waals surface area contributed by atoms with Crippen LogP contribution in [0.3, 0.4) is 0 Å². The maximum absolute atomic E-state index is 12.4. The van der Waals surface area contributed by atoms with Gasteiger partial charge in [-0.3, -0.25) is 18.9 Å². The molecule has 0 amide bonds. The Morgan fingerprint density at radius 3 is 2.34 bits per heavy atom. The molecule has 210 valence electrons. The van der Waals surface area contributed by atoms with Gasteiger partial charge in [0.1, 0.15) is 0 Å². The van der Waals surface area contributed by atoms with Crippen LogP contribution in [0, 0.1) is 6.92 Å². The predicted molar refractivity (Wildman–Crippen MR) is 143 cm³/mol. The summed E-state index contributed by atoms with van der Waals surface area (Å²) in [5, 5.41) is 3.15. The molecule has 0 saturated heterocycles. The highest BCUT2D eigenvalue weighted by atomic mass is 32.2. The second-order valence-corrected chi connectivity index (χ2v) is 11.9.